The van der Waals surface area contributed by atoms with Crippen molar-refractivity contribution >= 4 is 17.7 Å². The van der Waals surface area contributed by atoms with E-state index in [-0.39, 0.29) is 11.7 Å². The van der Waals surface area contributed by atoms with E-state index < -0.39 is 5.60 Å². The average Bonchev–Trinajstić information content (AvgIpc) is 3.13. The zero-order valence-corrected chi connectivity index (χ0v) is 19.5. The van der Waals surface area contributed by atoms with Gasteiger partial charge in [0.1, 0.15) is 18.0 Å². The van der Waals surface area contributed by atoms with Crippen LogP contribution in [0.5, 0.6) is 5.88 Å². The van der Waals surface area contributed by atoms with E-state index in [1.807, 2.05) is 26.8 Å². The molecule has 0 bridgehead atoms. The molecule has 10 heteroatoms. The second-order valence-electron chi connectivity index (χ2n) is 9.61. The summed E-state index contributed by atoms with van der Waals surface area (Å²) in [5.74, 6) is 2.21. The lowest BCUT2D eigenvalue weighted by Crippen LogP contribution is -2.39. The first-order chi connectivity index (χ1) is 15.8. The quantitative estimate of drug-likeness (QED) is 0.597. The summed E-state index contributed by atoms with van der Waals surface area (Å²) in [5, 5.41) is 19.6. The van der Waals surface area contributed by atoms with Crippen LogP contribution < -0.4 is 15.0 Å². The number of hydrogen-bond donors (Lipinski definition) is 1. The van der Waals surface area contributed by atoms with E-state index in [1.54, 1.807) is 29.3 Å². The highest BCUT2D eigenvalue weighted by atomic mass is 16.6. The third kappa shape index (κ3) is 6.28. The molecule has 0 aromatic carbocycles. The van der Waals surface area contributed by atoms with E-state index in [4.69, 9.17) is 14.2 Å². The fourth-order valence-electron chi connectivity index (χ4n) is 4.14. The van der Waals surface area contributed by atoms with Gasteiger partial charge in [0.2, 0.25) is 5.88 Å². The molecule has 4 rings (SSSR count). The van der Waals surface area contributed by atoms with Crippen molar-refractivity contribution in [3.8, 4) is 5.88 Å². The highest BCUT2D eigenvalue weighted by Gasteiger charge is 2.48. The van der Waals surface area contributed by atoms with Gasteiger partial charge in [-0.2, -0.15) is 5.10 Å². The maximum absolute atomic E-state index is 12.4. The van der Waals surface area contributed by atoms with Crippen molar-refractivity contribution in [2.75, 3.05) is 36.5 Å². The number of anilines is 2. The van der Waals surface area contributed by atoms with Crippen LogP contribution in [0.15, 0.2) is 30.5 Å². The van der Waals surface area contributed by atoms with Gasteiger partial charge in [0.25, 0.3) is 0 Å². The van der Waals surface area contributed by atoms with Gasteiger partial charge in [0.05, 0.1) is 18.8 Å². The van der Waals surface area contributed by atoms with Crippen molar-refractivity contribution in [2.24, 2.45) is 5.92 Å². The predicted molar refractivity (Wildman–Crippen MR) is 122 cm³/mol. The second-order valence-corrected chi connectivity index (χ2v) is 9.61. The third-order valence-electron chi connectivity index (χ3n) is 5.90. The largest absolute Gasteiger partial charge is 0.474 e. The summed E-state index contributed by atoms with van der Waals surface area (Å²) < 4.78 is 17.0. The first kappa shape index (κ1) is 23.2. The van der Waals surface area contributed by atoms with E-state index in [9.17, 15) is 4.79 Å². The van der Waals surface area contributed by atoms with Crippen LogP contribution in [0, 0.1) is 5.92 Å². The Bertz CT molecular complexity index is 911. The molecule has 2 fully saturated rings. The van der Waals surface area contributed by atoms with Crippen molar-refractivity contribution in [2.45, 2.75) is 57.7 Å². The molecule has 1 aliphatic carbocycles. The van der Waals surface area contributed by atoms with Crippen LogP contribution >= 0.6 is 0 Å². The van der Waals surface area contributed by atoms with Crippen LogP contribution in [0.3, 0.4) is 0 Å². The predicted octanol–water partition coefficient (Wildman–Crippen LogP) is 3.46. The van der Waals surface area contributed by atoms with Gasteiger partial charge in [-0.15, -0.1) is 15.3 Å². The average molecular weight is 457 g/mol. The summed E-state index contributed by atoms with van der Waals surface area (Å²) in [4.78, 5) is 14.0. The van der Waals surface area contributed by atoms with Gasteiger partial charge >= 0.3 is 6.09 Å². The van der Waals surface area contributed by atoms with Gasteiger partial charge in [-0.05, 0) is 70.6 Å². The van der Waals surface area contributed by atoms with Crippen LogP contribution in [0.4, 0.5) is 16.4 Å². The first-order valence-corrected chi connectivity index (χ1v) is 11.4. The third-order valence-corrected chi connectivity index (χ3v) is 5.90. The Morgan fingerprint density at radius 2 is 1.97 bits per heavy atom. The monoisotopic (exact) mass is 456 g/mol. The summed E-state index contributed by atoms with van der Waals surface area (Å²) in [6, 6.07) is 7.22. The summed E-state index contributed by atoms with van der Waals surface area (Å²) >= 11 is 0. The van der Waals surface area contributed by atoms with E-state index in [0.29, 0.717) is 37.4 Å². The van der Waals surface area contributed by atoms with E-state index >= 15 is 0 Å². The maximum Gasteiger partial charge on any atom is 0.416 e. The Morgan fingerprint density at radius 1 is 1.15 bits per heavy atom. The molecule has 10 nitrogen and oxygen atoms in total. The topological polar surface area (TPSA) is 112 Å². The lowest BCUT2D eigenvalue weighted by molar-refractivity contribution is -0.0169. The maximum atomic E-state index is 12.4. The minimum absolute atomic E-state index is 0.184. The summed E-state index contributed by atoms with van der Waals surface area (Å²) in [5.41, 5.74) is -0.614. The first-order valence-electron chi connectivity index (χ1n) is 11.4. The molecule has 2 aliphatic rings. The van der Waals surface area contributed by atoms with Crippen LogP contribution in [0.25, 0.3) is 0 Å². The number of nitrogens with zero attached hydrogens (tertiary/aromatic N) is 5. The molecule has 1 aliphatic heterocycles. The lowest BCUT2D eigenvalue weighted by Gasteiger charge is -2.35. The van der Waals surface area contributed by atoms with Gasteiger partial charge in [-0.1, -0.05) is 0 Å². The van der Waals surface area contributed by atoms with Crippen molar-refractivity contribution in [3.63, 3.8) is 0 Å². The van der Waals surface area contributed by atoms with Gasteiger partial charge < -0.3 is 19.5 Å². The van der Waals surface area contributed by atoms with E-state index in [0.717, 1.165) is 38.0 Å². The highest BCUT2D eigenvalue weighted by molar-refractivity contribution is 5.89. The van der Waals surface area contributed by atoms with Crippen LogP contribution in [0.2, 0.25) is 0 Å². The molecule has 0 radical (unpaired) electrons. The molecular weight excluding hydrogens is 424 g/mol. The molecule has 1 saturated heterocycles. The molecule has 2 aromatic rings. The number of nitrogens with one attached hydrogen (secondary N) is 1. The molecular formula is C23H32N6O4. The molecule has 33 heavy (non-hydrogen) atoms. The Kier molecular flexibility index (Phi) is 6.92. The Hall–Kier alpha value is -3.01. The molecule has 3 heterocycles. The SMILES string of the molecule is CC(C)(C)OCCOc1ccc(NCC2CCC3(CC2)CN(c2cccnn2)C(=O)O3)nn1. The minimum Gasteiger partial charge on any atom is -0.474 e. The van der Waals surface area contributed by atoms with Gasteiger partial charge in [0.15, 0.2) is 5.82 Å². The van der Waals surface area contributed by atoms with Crippen molar-refractivity contribution in [1.29, 1.82) is 0 Å². The van der Waals surface area contributed by atoms with Crippen LogP contribution in [0.1, 0.15) is 46.5 Å². The van der Waals surface area contributed by atoms with Crippen LogP contribution in [-0.2, 0) is 9.47 Å². The number of aromatic nitrogens is 4. The molecule has 0 atom stereocenters. The summed E-state index contributed by atoms with van der Waals surface area (Å²) in [6.45, 7) is 8.28. The molecule has 0 unspecified atom stereocenters. The standard InChI is InChI=1S/C23H32N6O4/c1-22(2,3)32-14-13-31-20-7-6-18(26-28-20)24-15-17-8-10-23(11-9-17)16-29(21(30)33-23)19-5-4-12-25-27-19/h4-7,12,17H,8-11,13-16H2,1-3H3,(H,24,26). The molecule has 1 spiro atoms. The van der Waals surface area contributed by atoms with E-state index in [2.05, 4.69) is 25.7 Å². The lowest BCUT2D eigenvalue weighted by atomic mass is 9.78. The van der Waals surface area contributed by atoms with Gasteiger partial charge in [0, 0.05) is 18.8 Å². The zero-order chi connectivity index (χ0) is 23.3. The minimum atomic E-state index is -0.430. The Morgan fingerprint density at radius 3 is 2.64 bits per heavy atom. The fraction of sp³-hybridized carbons (Fsp3) is 0.609. The van der Waals surface area contributed by atoms with Crippen molar-refractivity contribution in [3.05, 3.63) is 30.5 Å². The molecule has 1 N–H and O–H groups in total. The van der Waals surface area contributed by atoms with E-state index in [1.165, 1.54) is 0 Å². The Balaban J connectivity index is 1.19. The zero-order valence-electron chi connectivity index (χ0n) is 19.5. The number of hydrogen-bond acceptors (Lipinski definition) is 9. The van der Waals surface area contributed by atoms with Gasteiger partial charge in [-0.25, -0.2) is 4.79 Å². The van der Waals surface area contributed by atoms with Gasteiger partial charge in [-0.3, -0.25) is 4.90 Å². The van der Waals surface area contributed by atoms with Crippen molar-refractivity contribution in [1.82, 2.24) is 20.4 Å². The number of carbonyl (C=O) groups is 1. The second kappa shape index (κ2) is 9.86. The summed E-state index contributed by atoms with van der Waals surface area (Å²) in [7, 11) is 0. The molecule has 1 amide bonds. The number of ether oxygens (including phenoxy) is 3. The van der Waals surface area contributed by atoms with Crippen molar-refractivity contribution < 1.29 is 19.0 Å². The number of carbonyl (C=O) groups excluding carboxylic acids is 1. The molecule has 1 saturated carbocycles. The molecule has 2 aromatic heterocycles. The van der Waals surface area contributed by atoms with Crippen LogP contribution in [-0.4, -0.2) is 64.0 Å². The Labute approximate surface area is 194 Å². The highest BCUT2D eigenvalue weighted by Crippen LogP contribution is 2.40. The number of rotatable bonds is 8. The normalized spacial score (nSPS) is 22.9. The summed E-state index contributed by atoms with van der Waals surface area (Å²) in [6.07, 6.45) is 4.85. The number of amides is 1. The smallest absolute Gasteiger partial charge is 0.416 e. The fourth-order valence-corrected chi connectivity index (χ4v) is 4.14. The molecule has 178 valence electrons.